The first kappa shape index (κ1) is 20.8. The fourth-order valence-electron chi connectivity index (χ4n) is 3.62. The van der Waals surface area contributed by atoms with Crippen LogP contribution in [0.1, 0.15) is 33.6 Å². The summed E-state index contributed by atoms with van der Waals surface area (Å²) in [6.07, 6.45) is 2.10. The molecule has 0 spiro atoms. The van der Waals surface area contributed by atoms with Crippen LogP contribution in [0, 0.1) is 0 Å². The van der Waals surface area contributed by atoms with E-state index in [0.717, 1.165) is 37.1 Å². The number of amides is 2. The lowest BCUT2D eigenvalue weighted by atomic mass is 10.0. The number of rotatable bonds is 4. The van der Waals surface area contributed by atoms with Gasteiger partial charge in [-0.15, -0.1) is 0 Å². The summed E-state index contributed by atoms with van der Waals surface area (Å²) in [6.45, 7) is 1.60. The first-order valence-corrected chi connectivity index (χ1v) is 10.7. The Morgan fingerprint density at radius 2 is 1.45 bits per heavy atom. The fraction of sp³-hybridized carbons (Fsp3) is 0.160. The smallest absolute Gasteiger partial charge is 0.257 e. The lowest BCUT2D eigenvalue weighted by molar-refractivity contribution is 0.0792. The highest BCUT2D eigenvalue weighted by atomic mass is 32.1. The monoisotopic (exact) mass is 429 g/mol. The lowest BCUT2D eigenvalue weighted by Crippen LogP contribution is -2.34. The van der Waals surface area contributed by atoms with Crippen LogP contribution in [0.4, 0.5) is 5.69 Å². The molecule has 0 aliphatic carbocycles. The van der Waals surface area contributed by atoms with Gasteiger partial charge in [-0.3, -0.25) is 14.9 Å². The molecular formula is C25H23N3O2S. The zero-order valence-electron chi connectivity index (χ0n) is 17.0. The van der Waals surface area contributed by atoms with Crippen molar-refractivity contribution in [3.8, 4) is 11.1 Å². The van der Waals surface area contributed by atoms with Crippen molar-refractivity contribution in [2.24, 2.45) is 0 Å². The van der Waals surface area contributed by atoms with E-state index in [1.807, 2.05) is 53.4 Å². The van der Waals surface area contributed by atoms with Gasteiger partial charge in [-0.1, -0.05) is 48.5 Å². The highest BCUT2D eigenvalue weighted by Gasteiger charge is 2.19. The molecule has 0 unspecified atom stereocenters. The zero-order valence-corrected chi connectivity index (χ0v) is 17.8. The fourth-order valence-corrected chi connectivity index (χ4v) is 3.83. The van der Waals surface area contributed by atoms with Crippen molar-refractivity contribution in [2.45, 2.75) is 12.8 Å². The van der Waals surface area contributed by atoms with Crippen molar-refractivity contribution in [3.05, 3.63) is 90.0 Å². The molecule has 5 nitrogen and oxygen atoms in total. The summed E-state index contributed by atoms with van der Waals surface area (Å²) in [5.41, 5.74) is 3.92. The molecule has 2 N–H and O–H groups in total. The number of likely N-dealkylation sites (tertiary alicyclic amines) is 1. The Bertz CT molecular complexity index is 1090. The van der Waals surface area contributed by atoms with E-state index in [0.29, 0.717) is 16.8 Å². The van der Waals surface area contributed by atoms with Crippen molar-refractivity contribution >= 4 is 34.8 Å². The molecule has 0 radical (unpaired) electrons. The standard InChI is InChI=1S/C25H23N3O2S/c29-23(20-13-11-19(12-14-20)18-7-2-1-3-8-18)27-25(31)26-22-10-6-9-21(17-22)24(30)28-15-4-5-16-28/h1-3,6-14,17H,4-5,15-16H2,(H2,26,27,29,31). The number of carbonyl (C=O) groups is 2. The predicted octanol–water partition coefficient (Wildman–Crippen LogP) is 4.72. The van der Waals surface area contributed by atoms with Crippen molar-refractivity contribution in [1.82, 2.24) is 10.2 Å². The van der Waals surface area contributed by atoms with Gasteiger partial charge in [0.05, 0.1) is 0 Å². The van der Waals surface area contributed by atoms with Crippen molar-refractivity contribution in [1.29, 1.82) is 0 Å². The Labute approximate surface area is 187 Å². The third-order valence-corrected chi connectivity index (χ3v) is 5.45. The van der Waals surface area contributed by atoms with Crippen LogP contribution in [0.3, 0.4) is 0 Å². The van der Waals surface area contributed by atoms with Crippen LogP contribution in [0.5, 0.6) is 0 Å². The summed E-state index contributed by atoms with van der Waals surface area (Å²) < 4.78 is 0. The summed E-state index contributed by atoms with van der Waals surface area (Å²) in [4.78, 5) is 27.0. The van der Waals surface area contributed by atoms with Crippen molar-refractivity contribution < 1.29 is 9.59 Å². The summed E-state index contributed by atoms with van der Waals surface area (Å²) in [5, 5.41) is 5.87. The largest absolute Gasteiger partial charge is 0.339 e. The molecule has 3 aromatic rings. The average molecular weight is 430 g/mol. The number of hydrogen-bond acceptors (Lipinski definition) is 3. The third kappa shape index (κ3) is 5.16. The predicted molar refractivity (Wildman–Crippen MR) is 127 cm³/mol. The molecule has 1 saturated heterocycles. The molecule has 1 aliphatic heterocycles. The van der Waals surface area contributed by atoms with E-state index in [1.54, 1.807) is 30.3 Å². The number of nitrogens with zero attached hydrogens (tertiary/aromatic N) is 1. The molecule has 0 aromatic heterocycles. The van der Waals surface area contributed by atoms with Gasteiger partial charge < -0.3 is 10.2 Å². The second kappa shape index (κ2) is 9.53. The highest BCUT2D eigenvalue weighted by molar-refractivity contribution is 7.80. The minimum absolute atomic E-state index is 0.0228. The van der Waals surface area contributed by atoms with Crippen LogP contribution < -0.4 is 10.6 Å². The molecule has 3 aromatic carbocycles. The van der Waals surface area contributed by atoms with Gasteiger partial charge >= 0.3 is 0 Å². The molecule has 156 valence electrons. The van der Waals surface area contributed by atoms with Gasteiger partial charge in [0.1, 0.15) is 0 Å². The van der Waals surface area contributed by atoms with E-state index in [9.17, 15) is 9.59 Å². The van der Waals surface area contributed by atoms with Crippen LogP contribution in [-0.4, -0.2) is 34.9 Å². The van der Waals surface area contributed by atoms with Gasteiger partial charge in [0.15, 0.2) is 5.11 Å². The third-order valence-electron chi connectivity index (χ3n) is 5.24. The molecule has 2 amide bonds. The number of benzene rings is 3. The first-order valence-electron chi connectivity index (χ1n) is 10.3. The summed E-state index contributed by atoms with van der Waals surface area (Å²) in [7, 11) is 0. The van der Waals surface area contributed by atoms with E-state index in [1.165, 1.54) is 0 Å². The number of nitrogens with one attached hydrogen (secondary N) is 2. The van der Waals surface area contributed by atoms with Gasteiger partial charge in [0.25, 0.3) is 11.8 Å². The molecule has 4 rings (SSSR count). The second-order valence-corrected chi connectivity index (χ2v) is 7.84. The van der Waals surface area contributed by atoms with Crippen LogP contribution in [0.25, 0.3) is 11.1 Å². The van der Waals surface area contributed by atoms with E-state index in [-0.39, 0.29) is 16.9 Å². The second-order valence-electron chi connectivity index (χ2n) is 7.43. The average Bonchev–Trinajstić information content (AvgIpc) is 3.34. The normalized spacial score (nSPS) is 13.0. The van der Waals surface area contributed by atoms with E-state index in [4.69, 9.17) is 12.2 Å². The highest BCUT2D eigenvalue weighted by Crippen LogP contribution is 2.19. The zero-order chi connectivity index (χ0) is 21.6. The molecule has 31 heavy (non-hydrogen) atoms. The van der Waals surface area contributed by atoms with Gasteiger partial charge in [0, 0.05) is 29.9 Å². The van der Waals surface area contributed by atoms with Crippen molar-refractivity contribution in [2.75, 3.05) is 18.4 Å². The molecular weight excluding hydrogens is 406 g/mol. The van der Waals surface area contributed by atoms with Crippen LogP contribution in [-0.2, 0) is 0 Å². The Hall–Kier alpha value is -3.51. The maximum atomic E-state index is 12.6. The molecule has 0 bridgehead atoms. The molecule has 0 saturated carbocycles. The number of carbonyl (C=O) groups excluding carboxylic acids is 2. The lowest BCUT2D eigenvalue weighted by Gasteiger charge is -2.16. The summed E-state index contributed by atoms with van der Waals surface area (Å²) in [6, 6.07) is 24.5. The SMILES string of the molecule is O=C(NC(=S)Nc1cccc(C(=O)N2CCCC2)c1)c1ccc(-c2ccccc2)cc1. The Morgan fingerprint density at radius 1 is 0.774 bits per heavy atom. The summed E-state index contributed by atoms with van der Waals surface area (Å²) >= 11 is 5.29. The quantitative estimate of drug-likeness (QED) is 0.590. The van der Waals surface area contributed by atoms with E-state index in [2.05, 4.69) is 10.6 Å². The maximum Gasteiger partial charge on any atom is 0.257 e. The van der Waals surface area contributed by atoms with E-state index < -0.39 is 0 Å². The molecule has 6 heteroatoms. The maximum absolute atomic E-state index is 12.6. The Morgan fingerprint density at radius 3 is 2.16 bits per heavy atom. The molecule has 0 atom stereocenters. The molecule has 1 heterocycles. The first-order chi connectivity index (χ1) is 15.1. The molecule has 1 aliphatic rings. The Kier molecular flexibility index (Phi) is 6.38. The van der Waals surface area contributed by atoms with Crippen LogP contribution in [0.2, 0.25) is 0 Å². The van der Waals surface area contributed by atoms with Gasteiger partial charge in [-0.2, -0.15) is 0 Å². The minimum Gasteiger partial charge on any atom is -0.339 e. The molecule has 1 fully saturated rings. The number of anilines is 1. The van der Waals surface area contributed by atoms with Gasteiger partial charge in [-0.05, 0) is 66.5 Å². The van der Waals surface area contributed by atoms with Gasteiger partial charge in [0.2, 0.25) is 0 Å². The van der Waals surface area contributed by atoms with Gasteiger partial charge in [-0.25, -0.2) is 0 Å². The van der Waals surface area contributed by atoms with Crippen LogP contribution >= 0.6 is 12.2 Å². The summed E-state index contributed by atoms with van der Waals surface area (Å²) in [5.74, 6) is -0.268. The number of hydrogen-bond donors (Lipinski definition) is 2. The van der Waals surface area contributed by atoms with E-state index >= 15 is 0 Å². The topological polar surface area (TPSA) is 61.4 Å². The van der Waals surface area contributed by atoms with Crippen LogP contribution in [0.15, 0.2) is 78.9 Å². The van der Waals surface area contributed by atoms with Crippen molar-refractivity contribution in [3.63, 3.8) is 0 Å². The number of thiocarbonyl (C=S) groups is 1. The Balaban J connectivity index is 1.37. The minimum atomic E-state index is -0.290.